The Morgan fingerprint density at radius 3 is 1.67 bits per heavy atom. The molecule has 0 spiro atoms. The van der Waals surface area contributed by atoms with Crippen LogP contribution in [0.1, 0.15) is 46.4 Å². The van der Waals surface area contributed by atoms with Gasteiger partial charge in [-0.25, -0.2) is 4.39 Å². The first-order chi connectivity index (χ1) is 14.7. The van der Waals surface area contributed by atoms with Gasteiger partial charge in [0.25, 0.3) is 11.8 Å². The van der Waals surface area contributed by atoms with E-state index in [1.807, 2.05) is 48.5 Å². The van der Waals surface area contributed by atoms with Crippen LogP contribution < -0.4 is 0 Å². The molecule has 1 N–H and O–H groups in total. The fourth-order valence-corrected chi connectivity index (χ4v) is 4.05. The monoisotopic (exact) mass is 412 g/mol. The third kappa shape index (κ3) is 5.25. The molecular weight excluding hydrogens is 383 g/mol. The fourth-order valence-electron chi connectivity index (χ4n) is 4.05. The Bertz CT molecular complexity index is 746. The maximum Gasteiger partial charge on any atom is 0.254 e. The molecule has 2 heterocycles. The molecule has 2 aliphatic heterocycles. The molecule has 2 aromatic rings. The van der Waals surface area contributed by atoms with E-state index in [0.717, 1.165) is 32.2 Å². The van der Waals surface area contributed by atoms with Gasteiger partial charge >= 0.3 is 0 Å². The van der Waals surface area contributed by atoms with Crippen LogP contribution >= 0.6 is 0 Å². The summed E-state index contributed by atoms with van der Waals surface area (Å²) in [5.74, 6) is -0.0112. The topological polar surface area (TPSA) is 60.9 Å². The minimum Gasteiger partial charge on any atom is -0.394 e. The van der Waals surface area contributed by atoms with Crippen molar-refractivity contribution in [1.29, 1.82) is 0 Å². The van der Waals surface area contributed by atoms with Crippen LogP contribution in [-0.2, 0) is 0 Å². The third-order valence-electron chi connectivity index (χ3n) is 5.71. The Morgan fingerprint density at radius 1 is 0.800 bits per heavy atom. The summed E-state index contributed by atoms with van der Waals surface area (Å²) in [6, 6.07) is 18.1. The van der Waals surface area contributed by atoms with E-state index in [1.54, 1.807) is 21.9 Å². The van der Waals surface area contributed by atoms with Crippen molar-refractivity contribution in [3.63, 3.8) is 0 Å². The number of rotatable bonds is 4. The summed E-state index contributed by atoms with van der Waals surface area (Å²) in [5.41, 5.74) is 1.36. The molecule has 2 saturated heterocycles. The summed E-state index contributed by atoms with van der Waals surface area (Å²) in [6.45, 7) is 1.08. The molecule has 0 unspecified atom stereocenters. The Hall–Kier alpha value is -2.73. The lowest BCUT2D eigenvalue weighted by Gasteiger charge is -2.22. The number of nitrogens with zero attached hydrogens (tertiary/aromatic N) is 2. The quantitative estimate of drug-likeness (QED) is 0.836. The number of aliphatic hydroxyl groups is 1. The number of aliphatic hydroxyl groups excluding tert-OH is 1. The molecule has 0 bridgehead atoms. The van der Waals surface area contributed by atoms with E-state index in [-0.39, 0.29) is 30.5 Å². The molecule has 2 fully saturated rings. The maximum atomic E-state index is 12.6. The average molecular weight is 413 g/mol. The average Bonchev–Trinajstić information content (AvgIpc) is 3.49. The van der Waals surface area contributed by atoms with Crippen molar-refractivity contribution in [3.05, 3.63) is 71.8 Å². The van der Waals surface area contributed by atoms with Crippen molar-refractivity contribution in [2.45, 2.75) is 37.8 Å². The van der Waals surface area contributed by atoms with Crippen molar-refractivity contribution in [2.24, 2.45) is 0 Å². The zero-order chi connectivity index (χ0) is 21.3. The van der Waals surface area contributed by atoms with Gasteiger partial charge in [0, 0.05) is 24.2 Å². The molecule has 2 atom stereocenters. The number of halogens is 1. The third-order valence-corrected chi connectivity index (χ3v) is 5.71. The summed E-state index contributed by atoms with van der Waals surface area (Å²) in [7, 11) is 0. The van der Waals surface area contributed by atoms with Gasteiger partial charge in [-0.15, -0.1) is 0 Å². The van der Waals surface area contributed by atoms with Gasteiger partial charge in [0.15, 0.2) is 0 Å². The largest absolute Gasteiger partial charge is 0.394 e. The van der Waals surface area contributed by atoms with Crippen LogP contribution in [0.15, 0.2) is 60.7 Å². The van der Waals surface area contributed by atoms with Crippen molar-refractivity contribution < 1.29 is 19.1 Å². The Morgan fingerprint density at radius 2 is 1.23 bits per heavy atom. The SMILES string of the molecule is O=C(c1ccccc1)N1CCC[C@H]1CF.O=C(c1ccccc1)N1CCC[C@H]1CO. The smallest absolute Gasteiger partial charge is 0.254 e. The second-order valence-corrected chi connectivity index (χ2v) is 7.66. The van der Waals surface area contributed by atoms with Gasteiger partial charge in [0.05, 0.1) is 18.7 Å². The van der Waals surface area contributed by atoms with Crippen LogP contribution in [0, 0.1) is 0 Å². The van der Waals surface area contributed by atoms with Crippen LogP contribution in [-0.4, -0.2) is 65.2 Å². The molecule has 0 aliphatic carbocycles. The number of hydrogen-bond acceptors (Lipinski definition) is 3. The second kappa shape index (κ2) is 10.9. The molecule has 2 amide bonds. The van der Waals surface area contributed by atoms with Crippen molar-refractivity contribution >= 4 is 11.8 Å². The summed E-state index contributed by atoms with van der Waals surface area (Å²) in [5, 5.41) is 9.14. The minimum atomic E-state index is -0.432. The Kier molecular flexibility index (Phi) is 7.97. The molecule has 0 saturated carbocycles. The Labute approximate surface area is 177 Å². The molecule has 0 aromatic heterocycles. The van der Waals surface area contributed by atoms with Gasteiger partial charge < -0.3 is 14.9 Å². The standard InChI is InChI=1S/C12H14FNO.C12H15NO2/c13-9-11-7-4-8-14(11)12(15)10-5-2-1-3-6-10;14-9-11-7-4-8-13(11)12(15)10-5-2-1-3-6-10/h1-3,5-6,11H,4,7-9H2;1-3,5-6,11,14H,4,7-9H2/t2*11-/m00/s1. The molecule has 5 nitrogen and oxygen atoms in total. The highest BCUT2D eigenvalue weighted by Gasteiger charge is 2.29. The highest BCUT2D eigenvalue weighted by Crippen LogP contribution is 2.21. The van der Waals surface area contributed by atoms with Crippen molar-refractivity contribution in [3.8, 4) is 0 Å². The number of amides is 2. The highest BCUT2D eigenvalue weighted by atomic mass is 19.1. The van der Waals surface area contributed by atoms with E-state index < -0.39 is 6.67 Å². The molecule has 2 aromatic carbocycles. The van der Waals surface area contributed by atoms with E-state index >= 15 is 0 Å². The molecule has 0 radical (unpaired) electrons. The first kappa shape index (κ1) is 22.0. The van der Waals surface area contributed by atoms with E-state index in [1.165, 1.54) is 0 Å². The zero-order valence-corrected chi connectivity index (χ0v) is 17.1. The van der Waals surface area contributed by atoms with Crippen LogP contribution in [0.4, 0.5) is 4.39 Å². The lowest BCUT2D eigenvalue weighted by molar-refractivity contribution is 0.0676. The molecule has 4 rings (SSSR count). The van der Waals surface area contributed by atoms with Crippen LogP contribution in [0.3, 0.4) is 0 Å². The predicted molar refractivity (Wildman–Crippen MR) is 114 cm³/mol. The number of carbonyl (C=O) groups is 2. The minimum absolute atomic E-state index is 0.0118. The number of alkyl halides is 1. The van der Waals surface area contributed by atoms with Gasteiger partial charge in [-0.3, -0.25) is 9.59 Å². The maximum absolute atomic E-state index is 12.6. The van der Waals surface area contributed by atoms with Gasteiger partial charge in [-0.05, 0) is 49.9 Å². The van der Waals surface area contributed by atoms with E-state index in [4.69, 9.17) is 5.11 Å². The van der Waals surface area contributed by atoms with E-state index in [2.05, 4.69) is 0 Å². The molecular formula is C24H29FN2O3. The Balaban J connectivity index is 0.000000171. The van der Waals surface area contributed by atoms with E-state index in [0.29, 0.717) is 17.7 Å². The van der Waals surface area contributed by atoms with Crippen molar-refractivity contribution in [1.82, 2.24) is 9.80 Å². The zero-order valence-electron chi connectivity index (χ0n) is 17.1. The van der Waals surface area contributed by atoms with E-state index in [9.17, 15) is 14.0 Å². The number of carbonyl (C=O) groups excluding carboxylic acids is 2. The van der Waals surface area contributed by atoms with Gasteiger partial charge in [0.2, 0.25) is 0 Å². The number of benzene rings is 2. The number of hydrogen-bond donors (Lipinski definition) is 1. The van der Waals surface area contributed by atoms with Crippen LogP contribution in [0.5, 0.6) is 0 Å². The van der Waals surface area contributed by atoms with Crippen LogP contribution in [0.2, 0.25) is 0 Å². The molecule has 2 aliphatic rings. The van der Waals surface area contributed by atoms with Crippen LogP contribution in [0.25, 0.3) is 0 Å². The molecule has 30 heavy (non-hydrogen) atoms. The summed E-state index contributed by atoms with van der Waals surface area (Å²) in [4.78, 5) is 27.4. The van der Waals surface area contributed by atoms with Crippen molar-refractivity contribution in [2.75, 3.05) is 26.4 Å². The highest BCUT2D eigenvalue weighted by molar-refractivity contribution is 5.95. The lowest BCUT2D eigenvalue weighted by Crippen LogP contribution is -2.37. The molecule has 160 valence electrons. The summed E-state index contributed by atoms with van der Waals surface area (Å²) in [6.07, 6.45) is 3.60. The van der Waals surface area contributed by atoms with Gasteiger partial charge in [0.1, 0.15) is 6.67 Å². The van der Waals surface area contributed by atoms with Gasteiger partial charge in [-0.2, -0.15) is 0 Å². The molecule has 6 heteroatoms. The lowest BCUT2D eigenvalue weighted by atomic mass is 10.2. The fraction of sp³-hybridized carbons (Fsp3) is 0.417. The number of likely N-dealkylation sites (tertiary alicyclic amines) is 2. The normalized spacial score (nSPS) is 20.6. The first-order valence-corrected chi connectivity index (χ1v) is 10.5. The predicted octanol–water partition coefficient (Wildman–Crippen LogP) is 3.54. The second-order valence-electron chi connectivity index (χ2n) is 7.66. The summed E-state index contributed by atoms with van der Waals surface area (Å²) < 4.78 is 12.6. The van der Waals surface area contributed by atoms with Gasteiger partial charge in [-0.1, -0.05) is 36.4 Å². The first-order valence-electron chi connectivity index (χ1n) is 10.5. The summed E-state index contributed by atoms with van der Waals surface area (Å²) >= 11 is 0.